The normalized spacial score (nSPS) is 15.0. The van der Waals surface area contributed by atoms with E-state index in [-0.39, 0.29) is 11.7 Å². The number of furan rings is 1. The number of rotatable bonds is 3. The predicted molar refractivity (Wildman–Crippen MR) is 94.2 cm³/mol. The van der Waals surface area contributed by atoms with E-state index >= 15 is 0 Å². The lowest BCUT2D eigenvalue weighted by atomic mass is 10.1. The summed E-state index contributed by atoms with van der Waals surface area (Å²) < 4.78 is 21.2. The summed E-state index contributed by atoms with van der Waals surface area (Å²) >= 11 is 0. The molecule has 2 aromatic heterocycles. The number of aryl methyl sites for hydroxylation is 1. The minimum Gasteiger partial charge on any atom is -0.460 e. The van der Waals surface area contributed by atoms with Gasteiger partial charge in [-0.05, 0) is 43.9 Å². The van der Waals surface area contributed by atoms with E-state index in [1.165, 1.54) is 18.6 Å². The first kappa shape index (κ1) is 15.9. The van der Waals surface area contributed by atoms with Crippen LogP contribution < -0.4 is 0 Å². The number of amides is 1. The summed E-state index contributed by atoms with van der Waals surface area (Å²) in [6.07, 6.45) is 3.27. The molecule has 0 unspecified atom stereocenters. The molecule has 4 rings (SSSR count). The molecule has 4 nitrogen and oxygen atoms in total. The van der Waals surface area contributed by atoms with Crippen molar-refractivity contribution in [1.29, 1.82) is 0 Å². The maximum Gasteiger partial charge on any atom is 0.270 e. The molecule has 1 fully saturated rings. The highest BCUT2D eigenvalue weighted by molar-refractivity contribution is 5.97. The van der Waals surface area contributed by atoms with Crippen LogP contribution in [0.25, 0.3) is 11.1 Å². The van der Waals surface area contributed by atoms with Crippen LogP contribution in [0, 0.1) is 12.7 Å². The number of carbonyl (C=O) groups excluding carboxylic acids is 1. The standard InChI is InChI=1S/C20H21FN2O2/c1-14-10-17-19(25-14)12-18(20(24)22-8-3-2-4-9-22)23(17)13-15-6-5-7-16(21)11-15/h5-7,10-12H,2-4,8-9,13H2,1H3. The van der Waals surface area contributed by atoms with Crippen molar-refractivity contribution in [2.75, 3.05) is 13.1 Å². The highest BCUT2D eigenvalue weighted by Crippen LogP contribution is 2.26. The van der Waals surface area contributed by atoms with Crippen LogP contribution in [0.4, 0.5) is 4.39 Å². The van der Waals surface area contributed by atoms with Gasteiger partial charge in [-0.15, -0.1) is 0 Å². The minimum atomic E-state index is -0.270. The highest BCUT2D eigenvalue weighted by atomic mass is 19.1. The van der Waals surface area contributed by atoms with E-state index in [9.17, 15) is 9.18 Å². The second-order valence-corrected chi connectivity index (χ2v) is 6.71. The Kier molecular flexibility index (Phi) is 4.07. The predicted octanol–water partition coefficient (Wildman–Crippen LogP) is 4.36. The number of aromatic nitrogens is 1. The van der Waals surface area contributed by atoms with E-state index in [0.717, 1.165) is 42.8 Å². The molecule has 1 amide bonds. The molecule has 1 aromatic carbocycles. The van der Waals surface area contributed by atoms with Crippen LogP contribution >= 0.6 is 0 Å². The number of carbonyl (C=O) groups is 1. The molecule has 3 heterocycles. The summed E-state index contributed by atoms with van der Waals surface area (Å²) in [5.74, 6) is 0.559. The van der Waals surface area contributed by atoms with Gasteiger partial charge < -0.3 is 13.9 Å². The molecule has 0 N–H and O–H groups in total. The topological polar surface area (TPSA) is 38.4 Å². The molecule has 1 saturated heterocycles. The molecule has 0 spiro atoms. The average Bonchev–Trinajstić information content (AvgIpc) is 3.12. The van der Waals surface area contributed by atoms with Gasteiger partial charge in [0.05, 0.1) is 5.52 Å². The fourth-order valence-electron chi connectivity index (χ4n) is 3.59. The number of benzene rings is 1. The zero-order valence-electron chi connectivity index (χ0n) is 14.3. The summed E-state index contributed by atoms with van der Waals surface area (Å²) in [6.45, 7) is 3.92. The first-order chi connectivity index (χ1) is 12.1. The molecular formula is C20H21FN2O2. The number of piperidine rings is 1. The van der Waals surface area contributed by atoms with Gasteiger partial charge >= 0.3 is 0 Å². The molecular weight excluding hydrogens is 319 g/mol. The van der Waals surface area contributed by atoms with Gasteiger partial charge in [-0.1, -0.05) is 12.1 Å². The van der Waals surface area contributed by atoms with Crippen LogP contribution in [0.5, 0.6) is 0 Å². The van der Waals surface area contributed by atoms with Crippen LogP contribution in [0.15, 0.2) is 40.8 Å². The molecule has 0 radical (unpaired) electrons. The summed E-state index contributed by atoms with van der Waals surface area (Å²) in [5, 5.41) is 0. The number of hydrogen-bond donors (Lipinski definition) is 0. The van der Waals surface area contributed by atoms with Crippen LogP contribution in [0.2, 0.25) is 0 Å². The third-order valence-corrected chi connectivity index (χ3v) is 4.80. The second kappa shape index (κ2) is 6.39. The maximum atomic E-state index is 13.6. The Bertz CT molecular complexity index is 919. The largest absolute Gasteiger partial charge is 0.460 e. The first-order valence-corrected chi connectivity index (χ1v) is 8.75. The van der Waals surface area contributed by atoms with E-state index in [1.807, 2.05) is 34.6 Å². The quantitative estimate of drug-likeness (QED) is 0.711. The molecule has 1 aliphatic heterocycles. The molecule has 0 atom stereocenters. The molecule has 5 heteroatoms. The molecule has 3 aromatic rings. The smallest absolute Gasteiger partial charge is 0.270 e. The monoisotopic (exact) mass is 340 g/mol. The van der Waals surface area contributed by atoms with E-state index in [0.29, 0.717) is 17.8 Å². The number of likely N-dealkylation sites (tertiary alicyclic amines) is 1. The third-order valence-electron chi connectivity index (χ3n) is 4.80. The van der Waals surface area contributed by atoms with Gasteiger partial charge in [-0.2, -0.15) is 0 Å². The Balaban J connectivity index is 1.75. The lowest BCUT2D eigenvalue weighted by Crippen LogP contribution is -2.36. The number of fused-ring (bicyclic) bond motifs is 1. The Labute approximate surface area is 145 Å². The van der Waals surface area contributed by atoms with Crippen molar-refractivity contribution in [3.05, 3.63) is 59.2 Å². The average molecular weight is 340 g/mol. The zero-order chi connectivity index (χ0) is 17.4. The van der Waals surface area contributed by atoms with Crippen LogP contribution in [-0.2, 0) is 6.54 Å². The van der Waals surface area contributed by atoms with Crippen molar-refractivity contribution in [1.82, 2.24) is 9.47 Å². The van der Waals surface area contributed by atoms with E-state index < -0.39 is 0 Å². The highest BCUT2D eigenvalue weighted by Gasteiger charge is 2.24. The summed E-state index contributed by atoms with van der Waals surface area (Å²) in [7, 11) is 0. The Morgan fingerprint density at radius 1 is 1.16 bits per heavy atom. The van der Waals surface area contributed by atoms with Gasteiger partial charge in [-0.3, -0.25) is 4.79 Å². The van der Waals surface area contributed by atoms with Crippen molar-refractivity contribution in [2.45, 2.75) is 32.7 Å². The van der Waals surface area contributed by atoms with Crippen molar-refractivity contribution < 1.29 is 13.6 Å². The van der Waals surface area contributed by atoms with Crippen LogP contribution in [-0.4, -0.2) is 28.5 Å². The van der Waals surface area contributed by atoms with Gasteiger partial charge in [0.1, 0.15) is 17.3 Å². The first-order valence-electron chi connectivity index (χ1n) is 8.75. The fourth-order valence-corrected chi connectivity index (χ4v) is 3.59. The Morgan fingerprint density at radius 2 is 1.96 bits per heavy atom. The molecule has 0 saturated carbocycles. The van der Waals surface area contributed by atoms with Gasteiger partial charge in [0.2, 0.25) is 0 Å². The zero-order valence-corrected chi connectivity index (χ0v) is 14.3. The number of hydrogen-bond acceptors (Lipinski definition) is 2. The van der Waals surface area contributed by atoms with E-state index in [1.54, 1.807) is 6.07 Å². The molecule has 1 aliphatic rings. The van der Waals surface area contributed by atoms with Crippen molar-refractivity contribution in [2.24, 2.45) is 0 Å². The van der Waals surface area contributed by atoms with Crippen molar-refractivity contribution >= 4 is 17.0 Å². The molecule has 25 heavy (non-hydrogen) atoms. The van der Waals surface area contributed by atoms with Gasteiger partial charge in [0.25, 0.3) is 5.91 Å². The van der Waals surface area contributed by atoms with Gasteiger partial charge in [-0.25, -0.2) is 4.39 Å². The van der Waals surface area contributed by atoms with Crippen LogP contribution in [0.3, 0.4) is 0 Å². The van der Waals surface area contributed by atoms with Crippen molar-refractivity contribution in [3.8, 4) is 0 Å². The van der Waals surface area contributed by atoms with Crippen LogP contribution in [0.1, 0.15) is 41.1 Å². The maximum absolute atomic E-state index is 13.6. The SMILES string of the molecule is Cc1cc2c(cc(C(=O)N3CCCCC3)n2Cc2cccc(F)c2)o1. The lowest BCUT2D eigenvalue weighted by Gasteiger charge is -2.27. The number of nitrogens with zero attached hydrogens (tertiary/aromatic N) is 2. The summed E-state index contributed by atoms with van der Waals surface area (Å²) in [6, 6.07) is 10.2. The lowest BCUT2D eigenvalue weighted by molar-refractivity contribution is 0.0714. The third kappa shape index (κ3) is 3.06. The molecule has 130 valence electrons. The van der Waals surface area contributed by atoms with E-state index in [2.05, 4.69) is 0 Å². The Hall–Kier alpha value is -2.56. The second-order valence-electron chi connectivity index (χ2n) is 6.71. The molecule has 0 bridgehead atoms. The molecule has 0 aliphatic carbocycles. The summed E-state index contributed by atoms with van der Waals surface area (Å²) in [5.41, 5.74) is 3.01. The van der Waals surface area contributed by atoms with E-state index in [4.69, 9.17) is 4.42 Å². The fraction of sp³-hybridized carbons (Fsp3) is 0.350. The number of halogens is 1. The minimum absolute atomic E-state index is 0.0279. The van der Waals surface area contributed by atoms with Gasteiger partial charge in [0.15, 0.2) is 5.58 Å². The van der Waals surface area contributed by atoms with Gasteiger partial charge in [0, 0.05) is 31.8 Å². The van der Waals surface area contributed by atoms with Crippen molar-refractivity contribution in [3.63, 3.8) is 0 Å². The Morgan fingerprint density at radius 3 is 2.72 bits per heavy atom. The summed E-state index contributed by atoms with van der Waals surface area (Å²) in [4.78, 5) is 14.9.